The second-order valence-electron chi connectivity index (χ2n) is 4.57. The van der Waals surface area contributed by atoms with Crippen molar-refractivity contribution in [2.45, 2.75) is 18.9 Å². The fraction of sp³-hybridized carbons (Fsp3) is 0.250. The second kappa shape index (κ2) is 4.77. The Morgan fingerprint density at radius 3 is 3.05 bits per heavy atom. The molecule has 1 atom stereocenters. The summed E-state index contributed by atoms with van der Waals surface area (Å²) in [5, 5.41) is 4.12. The van der Waals surface area contributed by atoms with Gasteiger partial charge in [-0.1, -0.05) is 23.8 Å². The number of nitrogens with one attached hydrogen (secondary N) is 1. The van der Waals surface area contributed by atoms with E-state index in [0.29, 0.717) is 4.99 Å². The van der Waals surface area contributed by atoms with Crippen LogP contribution in [0, 0.1) is 0 Å². The Labute approximate surface area is 133 Å². The molecule has 0 saturated carbocycles. The van der Waals surface area contributed by atoms with Crippen LogP contribution in [0.25, 0.3) is 0 Å². The van der Waals surface area contributed by atoms with Gasteiger partial charge in [0.2, 0.25) is 0 Å². The lowest BCUT2D eigenvalue weighted by Gasteiger charge is -2.36. The Hall–Kier alpha value is -0.560. The third-order valence-electron chi connectivity index (χ3n) is 3.11. The molecular weight excluding hydrogens is 366 g/mol. The van der Waals surface area contributed by atoms with E-state index in [9.17, 15) is 0 Å². The lowest BCUT2D eigenvalue weighted by Crippen LogP contribution is -2.48. The fourth-order valence-electron chi connectivity index (χ4n) is 2.24. The standard InChI is InChI=1S/C12H9BrClN3S2/c1-12(10-7(14)2-9(13)19-10)3-8-6(11(18)17-12)4-15-5-16-8/h2,4-5H,3H2,1H3,(H,17,18). The van der Waals surface area contributed by atoms with Crippen LogP contribution >= 0.6 is 51.1 Å². The first-order valence-corrected chi connectivity index (χ1v) is 7.96. The number of thiocarbonyl (C=S) groups is 1. The highest BCUT2D eigenvalue weighted by Crippen LogP contribution is 2.41. The topological polar surface area (TPSA) is 37.8 Å². The summed E-state index contributed by atoms with van der Waals surface area (Å²) in [5.41, 5.74) is 1.54. The van der Waals surface area contributed by atoms with Crippen molar-refractivity contribution in [3.8, 4) is 0 Å². The molecule has 0 fully saturated rings. The smallest absolute Gasteiger partial charge is 0.115 e. The summed E-state index contributed by atoms with van der Waals surface area (Å²) in [4.78, 5) is 10.1. The zero-order valence-electron chi connectivity index (χ0n) is 9.91. The molecule has 2 aromatic rings. The van der Waals surface area contributed by atoms with E-state index in [1.807, 2.05) is 6.07 Å². The summed E-state index contributed by atoms with van der Waals surface area (Å²) in [5.74, 6) is 0. The summed E-state index contributed by atoms with van der Waals surface area (Å²) >= 11 is 16.8. The van der Waals surface area contributed by atoms with Gasteiger partial charge in [0.25, 0.3) is 0 Å². The predicted octanol–water partition coefficient (Wildman–Crippen LogP) is 3.69. The SMILES string of the molecule is CC1(c2sc(Br)cc2Cl)Cc2ncncc2C(=S)N1. The average Bonchev–Trinajstić information content (AvgIpc) is 2.69. The van der Waals surface area contributed by atoms with Gasteiger partial charge < -0.3 is 5.32 Å². The van der Waals surface area contributed by atoms with Crippen molar-refractivity contribution in [3.63, 3.8) is 0 Å². The largest absolute Gasteiger partial charge is 0.365 e. The molecule has 19 heavy (non-hydrogen) atoms. The lowest BCUT2D eigenvalue weighted by atomic mass is 9.88. The lowest BCUT2D eigenvalue weighted by molar-refractivity contribution is 0.429. The number of aromatic nitrogens is 2. The number of rotatable bonds is 1. The summed E-state index contributed by atoms with van der Waals surface area (Å²) in [6, 6.07) is 1.91. The van der Waals surface area contributed by atoms with Crippen LogP contribution < -0.4 is 5.32 Å². The van der Waals surface area contributed by atoms with E-state index in [0.717, 1.165) is 31.4 Å². The van der Waals surface area contributed by atoms with Gasteiger partial charge in [-0.15, -0.1) is 11.3 Å². The maximum absolute atomic E-state index is 6.31. The quantitative estimate of drug-likeness (QED) is 0.773. The van der Waals surface area contributed by atoms with Crippen LogP contribution in [0.15, 0.2) is 22.4 Å². The molecule has 1 aliphatic rings. The van der Waals surface area contributed by atoms with Crippen molar-refractivity contribution >= 4 is 56.1 Å². The Morgan fingerprint density at radius 2 is 2.37 bits per heavy atom. The van der Waals surface area contributed by atoms with E-state index >= 15 is 0 Å². The molecule has 98 valence electrons. The van der Waals surface area contributed by atoms with Crippen LogP contribution in [0.1, 0.15) is 23.1 Å². The minimum Gasteiger partial charge on any atom is -0.365 e. The van der Waals surface area contributed by atoms with Crippen LogP contribution in [0.5, 0.6) is 0 Å². The van der Waals surface area contributed by atoms with Crippen molar-refractivity contribution in [1.29, 1.82) is 0 Å². The van der Waals surface area contributed by atoms with E-state index in [1.54, 1.807) is 23.9 Å². The van der Waals surface area contributed by atoms with Gasteiger partial charge in [0.15, 0.2) is 0 Å². The molecule has 0 saturated heterocycles. The number of nitrogens with zero attached hydrogens (tertiary/aromatic N) is 2. The van der Waals surface area contributed by atoms with E-state index in [2.05, 4.69) is 38.1 Å². The molecule has 3 nitrogen and oxygen atoms in total. The first kappa shape index (κ1) is 13.4. The highest BCUT2D eigenvalue weighted by atomic mass is 79.9. The number of fused-ring (bicyclic) bond motifs is 1. The molecule has 1 unspecified atom stereocenters. The highest BCUT2D eigenvalue weighted by molar-refractivity contribution is 9.11. The summed E-state index contributed by atoms with van der Waals surface area (Å²) < 4.78 is 1.01. The van der Waals surface area contributed by atoms with Crippen molar-refractivity contribution in [3.05, 3.63) is 43.5 Å². The Bertz CT molecular complexity index is 673. The van der Waals surface area contributed by atoms with E-state index in [1.165, 1.54) is 0 Å². The number of hydrogen-bond donors (Lipinski definition) is 1. The molecule has 0 aromatic carbocycles. The van der Waals surface area contributed by atoms with Gasteiger partial charge in [-0.2, -0.15) is 0 Å². The molecule has 1 N–H and O–H groups in total. The van der Waals surface area contributed by atoms with Crippen LogP contribution in [0.3, 0.4) is 0 Å². The van der Waals surface area contributed by atoms with Crippen molar-refractivity contribution < 1.29 is 0 Å². The molecule has 3 heterocycles. The molecule has 1 aliphatic heterocycles. The van der Waals surface area contributed by atoms with Gasteiger partial charge in [-0.25, -0.2) is 9.97 Å². The first-order chi connectivity index (χ1) is 8.99. The zero-order chi connectivity index (χ0) is 13.6. The van der Waals surface area contributed by atoms with Gasteiger partial charge in [-0.3, -0.25) is 0 Å². The monoisotopic (exact) mass is 373 g/mol. The minimum absolute atomic E-state index is 0.327. The summed E-state index contributed by atoms with van der Waals surface area (Å²) in [7, 11) is 0. The maximum Gasteiger partial charge on any atom is 0.115 e. The molecule has 2 aromatic heterocycles. The van der Waals surface area contributed by atoms with Crippen molar-refractivity contribution in [2.24, 2.45) is 0 Å². The average molecular weight is 375 g/mol. The summed E-state index contributed by atoms with van der Waals surface area (Å²) in [6.07, 6.45) is 4.04. The first-order valence-electron chi connectivity index (χ1n) is 5.56. The van der Waals surface area contributed by atoms with Crippen LogP contribution in [0.2, 0.25) is 5.02 Å². The second-order valence-corrected chi connectivity index (χ2v) is 7.82. The Kier molecular flexibility index (Phi) is 3.37. The van der Waals surface area contributed by atoms with Crippen molar-refractivity contribution in [1.82, 2.24) is 15.3 Å². The highest BCUT2D eigenvalue weighted by Gasteiger charge is 2.37. The number of hydrogen-bond acceptors (Lipinski definition) is 4. The molecule has 0 bridgehead atoms. The van der Waals surface area contributed by atoms with Crippen LogP contribution in [0.4, 0.5) is 0 Å². The summed E-state index contributed by atoms with van der Waals surface area (Å²) in [6.45, 7) is 2.09. The third-order valence-corrected chi connectivity index (χ3v) is 5.74. The van der Waals surface area contributed by atoms with E-state index < -0.39 is 0 Å². The molecule has 7 heteroatoms. The number of halogens is 2. The molecule has 0 aliphatic carbocycles. The van der Waals surface area contributed by atoms with Gasteiger partial charge in [0.1, 0.15) is 11.3 Å². The Balaban J connectivity index is 2.09. The predicted molar refractivity (Wildman–Crippen MR) is 85.0 cm³/mol. The zero-order valence-corrected chi connectivity index (χ0v) is 13.9. The minimum atomic E-state index is -0.327. The van der Waals surface area contributed by atoms with E-state index in [4.69, 9.17) is 23.8 Å². The fourth-order valence-corrected chi connectivity index (χ4v) is 4.85. The number of thiophene rings is 1. The molecule has 0 amide bonds. The van der Waals surface area contributed by atoms with Gasteiger partial charge >= 0.3 is 0 Å². The maximum atomic E-state index is 6.31. The van der Waals surface area contributed by atoms with Gasteiger partial charge in [-0.05, 0) is 28.9 Å². The third kappa shape index (κ3) is 2.31. The molecule has 0 spiro atoms. The van der Waals surface area contributed by atoms with E-state index in [-0.39, 0.29) is 5.54 Å². The van der Waals surface area contributed by atoms with Crippen LogP contribution in [-0.4, -0.2) is 15.0 Å². The molecular formula is C12H9BrClN3S2. The van der Waals surface area contributed by atoms with Gasteiger partial charge in [0, 0.05) is 23.1 Å². The van der Waals surface area contributed by atoms with Crippen molar-refractivity contribution in [2.75, 3.05) is 0 Å². The van der Waals surface area contributed by atoms with Gasteiger partial charge in [0.05, 0.1) is 20.0 Å². The Morgan fingerprint density at radius 1 is 1.58 bits per heavy atom. The normalized spacial score (nSPS) is 21.9. The molecule has 3 rings (SSSR count). The molecule has 0 radical (unpaired) electrons. The van der Waals surface area contributed by atoms with Crippen LogP contribution in [-0.2, 0) is 12.0 Å².